The highest BCUT2D eigenvalue weighted by Crippen LogP contribution is 2.22. The van der Waals surface area contributed by atoms with Gasteiger partial charge in [0.15, 0.2) is 5.96 Å². The van der Waals surface area contributed by atoms with Gasteiger partial charge in [-0.2, -0.15) is 5.10 Å². The summed E-state index contributed by atoms with van der Waals surface area (Å²) in [7, 11) is 4.00. The number of aryl methyl sites for hydroxylation is 2. The highest BCUT2D eigenvalue weighted by Gasteiger charge is 2.24. The molecule has 0 saturated heterocycles. The van der Waals surface area contributed by atoms with Crippen LogP contribution in [0.25, 0.3) is 0 Å². The summed E-state index contributed by atoms with van der Waals surface area (Å²) in [6.07, 6.45) is 3.20. The zero-order valence-corrected chi connectivity index (χ0v) is 20.3. The molecule has 1 aliphatic heterocycles. The Bertz CT molecular complexity index is 775. The second kappa shape index (κ2) is 11.5. The van der Waals surface area contributed by atoms with Gasteiger partial charge >= 0.3 is 0 Å². The zero-order chi connectivity index (χ0) is 19.9. The molecular weight excluding hydrogens is 477 g/mol. The predicted octanol–water partition coefficient (Wildman–Crippen LogP) is 3.12. The molecule has 0 saturated carbocycles. The molecule has 2 heterocycles. The number of benzene rings is 1. The molecule has 0 spiro atoms. The monoisotopic (exact) mass is 511 g/mol. The van der Waals surface area contributed by atoms with Gasteiger partial charge in [0.1, 0.15) is 11.6 Å². The number of aromatic nitrogens is 3. The Balaban J connectivity index is 0.00000300. The third-order valence-electron chi connectivity index (χ3n) is 5.40. The van der Waals surface area contributed by atoms with Crippen LogP contribution in [0, 0.1) is 6.92 Å². The van der Waals surface area contributed by atoms with Crippen LogP contribution < -0.4 is 10.6 Å². The summed E-state index contributed by atoms with van der Waals surface area (Å²) in [4.78, 5) is 11.4. The number of aliphatic imine (C=N–C) groups is 1. The van der Waals surface area contributed by atoms with E-state index >= 15 is 0 Å². The van der Waals surface area contributed by atoms with Gasteiger partial charge in [0.25, 0.3) is 0 Å². The third-order valence-corrected chi connectivity index (χ3v) is 5.40. The molecule has 2 unspecified atom stereocenters. The number of halogens is 1. The molecule has 7 nitrogen and oxygen atoms in total. The molecule has 8 heteroatoms. The van der Waals surface area contributed by atoms with Gasteiger partial charge in [-0.1, -0.05) is 30.3 Å². The molecule has 2 aromatic rings. The average molecular weight is 511 g/mol. The minimum Gasteiger partial charge on any atom is -0.356 e. The molecule has 2 N–H and O–H groups in total. The number of guanidine groups is 1. The lowest BCUT2D eigenvalue weighted by Gasteiger charge is -2.27. The normalized spacial score (nSPS) is 17.4. The van der Waals surface area contributed by atoms with Crippen molar-refractivity contribution in [3.63, 3.8) is 0 Å². The van der Waals surface area contributed by atoms with Crippen molar-refractivity contribution < 1.29 is 0 Å². The minimum absolute atomic E-state index is 0. The van der Waals surface area contributed by atoms with E-state index in [9.17, 15) is 0 Å². The average Bonchev–Trinajstić information content (AvgIpc) is 3.09. The smallest absolute Gasteiger partial charge is 0.191 e. The summed E-state index contributed by atoms with van der Waals surface area (Å²) in [6.45, 7) is 7.01. The van der Waals surface area contributed by atoms with Crippen LogP contribution in [0.4, 0.5) is 0 Å². The molecule has 29 heavy (non-hydrogen) atoms. The van der Waals surface area contributed by atoms with E-state index in [1.54, 1.807) is 0 Å². The van der Waals surface area contributed by atoms with E-state index in [0.29, 0.717) is 6.04 Å². The first kappa shape index (κ1) is 23.6. The third kappa shape index (κ3) is 6.67. The summed E-state index contributed by atoms with van der Waals surface area (Å²) in [5, 5.41) is 11.5. The van der Waals surface area contributed by atoms with Crippen molar-refractivity contribution in [3.8, 4) is 0 Å². The van der Waals surface area contributed by atoms with E-state index in [2.05, 4.69) is 74.9 Å². The van der Waals surface area contributed by atoms with Crippen LogP contribution in [0.1, 0.15) is 49.4 Å². The highest BCUT2D eigenvalue weighted by atomic mass is 127. The van der Waals surface area contributed by atoms with E-state index in [0.717, 1.165) is 56.5 Å². The Morgan fingerprint density at radius 1 is 1.34 bits per heavy atom. The van der Waals surface area contributed by atoms with Crippen molar-refractivity contribution in [2.75, 3.05) is 20.6 Å². The van der Waals surface area contributed by atoms with E-state index in [-0.39, 0.29) is 30.0 Å². The van der Waals surface area contributed by atoms with Crippen LogP contribution in [0.3, 0.4) is 0 Å². The van der Waals surface area contributed by atoms with Gasteiger partial charge in [0.05, 0.1) is 6.04 Å². The highest BCUT2D eigenvalue weighted by molar-refractivity contribution is 14.0. The van der Waals surface area contributed by atoms with Crippen LogP contribution in [0.5, 0.6) is 0 Å². The van der Waals surface area contributed by atoms with Gasteiger partial charge in [-0.15, -0.1) is 24.0 Å². The van der Waals surface area contributed by atoms with Crippen LogP contribution in [0.15, 0.2) is 35.3 Å². The van der Waals surface area contributed by atoms with Crippen molar-refractivity contribution in [3.05, 3.63) is 47.5 Å². The van der Waals surface area contributed by atoms with E-state index < -0.39 is 0 Å². The molecule has 2 atom stereocenters. The first-order valence-corrected chi connectivity index (χ1v) is 10.2. The van der Waals surface area contributed by atoms with Crippen molar-refractivity contribution in [2.45, 2.75) is 58.3 Å². The molecule has 160 valence electrons. The van der Waals surface area contributed by atoms with Crippen molar-refractivity contribution in [1.82, 2.24) is 30.3 Å². The fourth-order valence-electron chi connectivity index (χ4n) is 3.61. The Morgan fingerprint density at radius 3 is 2.83 bits per heavy atom. The quantitative estimate of drug-likeness (QED) is 0.340. The first-order valence-electron chi connectivity index (χ1n) is 10.2. The second-order valence-corrected chi connectivity index (χ2v) is 7.62. The molecule has 0 amide bonds. The molecule has 0 bridgehead atoms. The van der Waals surface area contributed by atoms with E-state index in [1.807, 2.05) is 18.7 Å². The van der Waals surface area contributed by atoms with Crippen molar-refractivity contribution in [1.29, 1.82) is 0 Å². The second-order valence-electron chi connectivity index (χ2n) is 7.62. The van der Waals surface area contributed by atoms with Crippen LogP contribution in [0.2, 0.25) is 0 Å². The number of rotatable bonds is 7. The maximum atomic E-state index is 4.59. The zero-order valence-electron chi connectivity index (χ0n) is 17.9. The number of fused-ring (bicyclic) bond motifs is 1. The van der Waals surface area contributed by atoms with E-state index in [1.165, 1.54) is 5.56 Å². The number of nitrogens with zero attached hydrogens (tertiary/aromatic N) is 5. The summed E-state index contributed by atoms with van der Waals surface area (Å²) >= 11 is 0. The topological polar surface area (TPSA) is 70.4 Å². The molecule has 0 radical (unpaired) electrons. The fourth-order valence-corrected chi connectivity index (χ4v) is 3.61. The van der Waals surface area contributed by atoms with Crippen LogP contribution in [-0.2, 0) is 13.1 Å². The molecule has 0 aliphatic carbocycles. The Kier molecular flexibility index (Phi) is 9.35. The fraction of sp³-hybridized carbons (Fsp3) is 0.571. The van der Waals surface area contributed by atoms with Crippen LogP contribution >= 0.6 is 24.0 Å². The molecule has 3 rings (SSSR count). The van der Waals surface area contributed by atoms with Crippen LogP contribution in [-0.4, -0.2) is 52.3 Å². The predicted molar refractivity (Wildman–Crippen MR) is 129 cm³/mol. The summed E-state index contributed by atoms with van der Waals surface area (Å²) < 4.78 is 2.02. The lowest BCUT2D eigenvalue weighted by Crippen LogP contribution is -2.43. The standard InChI is InChI=1S/C21H33N7.HI/c1-16(27(4)15-18-9-6-5-7-10-18)12-13-23-21(22-3)25-19-11-8-14-28-20(19)24-17(2)26-28;/h5-7,9-10,16,19H,8,11-15H2,1-4H3,(H2,22,23,25);1H. The number of hydrogen-bond donors (Lipinski definition) is 2. The van der Waals surface area contributed by atoms with Crippen molar-refractivity contribution in [2.24, 2.45) is 4.99 Å². The van der Waals surface area contributed by atoms with Gasteiger partial charge in [-0.3, -0.25) is 9.89 Å². The lowest BCUT2D eigenvalue weighted by molar-refractivity contribution is 0.238. The van der Waals surface area contributed by atoms with Gasteiger partial charge in [0.2, 0.25) is 0 Å². The minimum atomic E-state index is 0. The van der Waals surface area contributed by atoms with Gasteiger partial charge < -0.3 is 10.6 Å². The SMILES string of the molecule is CN=C(NCCC(C)N(C)Cc1ccccc1)NC1CCCn2nc(C)nc21.I. The molecular formula is C21H34IN7. The Hall–Kier alpha value is -1.68. The maximum Gasteiger partial charge on any atom is 0.191 e. The molecule has 1 aliphatic rings. The van der Waals surface area contributed by atoms with Gasteiger partial charge in [0, 0.05) is 32.7 Å². The Morgan fingerprint density at radius 2 is 2.10 bits per heavy atom. The summed E-state index contributed by atoms with van der Waals surface area (Å²) in [5.74, 6) is 2.68. The largest absolute Gasteiger partial charge is 0.356 e. The molecule has 0 fully saturated rings. The van der Waals surface area contributed by atoms with Gasteiger partial charge in [-0.25, -0.2) is 9.67 Å². The first-order chi connectivity index (χ1) is 13.6. The summed E-state index contributed by atoms with van der Waals surface area (Å²) in [6, 6.07) is 11.3. The molecule has 1 aromatic heterocycles. The number of nitrogens with one attached hydrogen (secondary N) is 2. The molecule has 1 aromatic carbocycles. The Labute approximate surface area is 191 Å². The lowest BCUT2D eigenvalue weighted by atomic mass is 10.1. The van der Waals surface area contributed by atoms with Gasteiger partial charge in [-0.05, 0) is 45.7 Å². The number of hydrogen-bond acceptors (Lipinski definition) is 4. The summed E-state index contributed by atoms with van der Waals surface area (Å²) in [5.41, 5.74) is 1.35. The van der Waals surface area contributed by atoms with Crippen molar-refractivity contribution >= 4 is 29.9 Å². The maximum absolute atomic E-state index is 4.59. The van der Waals surface area contributed by atoms with E-state index in [4.69, 9.17) is 0 Å².